The summed E-state index contributed by atoms with van der Waals surface area (Å²) < 4.78 is 16.0. The Morgan fingerprint density at radius 1 is 1.28 bits per heavy atom. The van der Waals surface area contributed by atoms with Gasteiger partial charge in [0, 0.05) is 24.7 Å². The van der Waals surface area contributed by atoms with E-state index in [1.807, 2.05) is 24.0 Å². The van der Waals surface area contributed by atoms with E-state index in [0.717, 1.165) is 37.2 Å². The summed E-state index contributed by atoms with van der Waals surface area (Å²) in [6.45, 7) is 5.57. The quantitative estimate of drug-likeness (QED) is 0.855. The summed E-state index contributed by atoms with van der Waals surface area (Å²) in [6, 6.07) is 9.16. The molecule has 1 aromatic heterocycles. The van der Waals surface area contributed by atoms with E-state index in [9.17, 15) is 9.18 Å². The molecule has 0 bridgehead atoms. The van der Waals surface area contributed by atoms with Gasteiger partial charge in [0.15, 0.2) is 0 Å². The molecule has 2 aliphatic rings. The zero-order chi connectivity index (χ0) is 17.6. The number of piperidine rings is 1. The maximum atomic E-state index is 14.0. The molecule has 1 saturated carbocycles. The third-order valence-electron chi connectivity index (χ3n) is 5.51. The molecule has 2 fully saturated rings. The number of rotatable bonds is 3. The van der Waals surface area contributed by atoms with Crippen LogP contribution in [0.4, 0.5) is 4.39 Å². The molecule has 1 amide bonds. The van der Waals surface area contributed by atoms with Gasteiger partial charge in [-0.05, 0) is 56.7 Å². The highest BCUT2D eigenvalue weighted by atomic mass is 19.1. The highest BCUT2D eigenvalue weighted by Crippen LogP contribution is 2.49. The van der Waals surface area contributed by atoms with E-state index in [2.05, 4.69) is 22.8 Å². The van der Waals surface area contributed by atoms with E-state index in [0.29, 0.717) is 12.1 Å². The lowest BCUT2D eigenvalue weighted by atomic mass is 10.0. The lowest BCUT2D eigenvalue weighted by molar-refractivity contribution is -0.134. The maximum absolute atomic E-state index is 14.0. The van der Waals surface area contributed by atoms with Gasteiger partial charge in [-0.3, -0.25) is 9.48 Å². The van der Waals surface area contributed by atoms with Crippen LogP contribution in [0.25, 0.3) is 0 Å². The predicted molar refractivity (Wildman–Crippen MR) is 93.8 cm³/mol. The molecule has 0 radical (unpaired) electrons. The fraction of sp³-hybridized carbons (Fsp3) is 0.500. The number of likely N-dealkylation sites (tertiary alicyclic amines) is 1. The first-order valence-corrected chi connectivity index (χ1v) is 9.10. The van der Waals surface area contributed by atoms with Crippen molar-refractivity contribution in [3.63, 3.8) is 0 Å². The molecule has 1 aromatic carbocycles. The Labute approximate surface area is 147 Å². The molecule has 25 heavy (non-hydrogen) atoms. The van der Waals surface area contributed by atoms with E-state index in [-0.39, 0.29) is 29.6 Å². The Kier molecular flexibility index (Phi) is 4.10. The molecular weight excluding hydrogens is 317 g/mol. The average molecular weight is 341 g/mol. The van der Waals surface area contributed by atoms with Crippen LogP contribution >= 0.6 is 0 Å². The van der Waals surface area contributed by atoms with Crippen LogP contribution in [0.3, 0.4) is 0 Å². The van der Waals surface area contributed by atoms with Crippen molar-refractivity contribution in [1.29, 1.82) is 0 Å². The predicted octanol–water partition coefficient (Wildman–Crippen LogP) is 3.61. The third-order valence-corrected chi connectivity index (χ3v) is 5.51. The van der Waals surface area contributed by atoms with Gasteiger partial charge in [0.05, 0.1) is 11.7 Å². The minimum atomic E-state index is -0.193. The summed E-state index contributed by atoms with van der Waals surface area (Å²) in [5, 5.41) is 4.59. The second-order valence-corrected chi connectivity index (χ2v) is 7.42. The zero-order valence-corrected chi connectivity index (χ0v) is 14.8. The monoisotopic (exact) mass is 341 g/mol. The Morgan fingerprint density at radius 2 is 2.08 bits per heavy atom. The lowest BCUT2D eigenvalue weighted by Crippen LogP contribution is -2.42. The van der Waals surface area contributed by atoms with Gasteiger partial charge in [-0.2, -0.15) is 5.10 Å². The maximum Gasteiger partial charge on any atom is 0.226 e. The van der Waals surface area contributed by atoms with Crippen molar-refractivity contribution >= 4 is 5.91 Å². The van der Waals surface area contributed by atoms with Gasteiger partial charge in [0.2, 0.25) is 5.91 Å². The summed E-state index contributed by atoms with van der Waals surface area (Å²) in [7, 11) is 0. The topological polar surface area (TPSA) is 38.1 Å². The number of benzene rings is 1. The second kappa shape index (κ2) is 6.28. The molecule has 0 unspecified atom stereocenters. The van der Waals surface area contributed by atoms with Crippen LogP contribution in [0.5, 0.6) is 0 Å². The molecule has 1 aliphatic carbocycles. The fourth-order valence-electron chi connectivity index (χ4n) is 4.19. The van der Waals surface area contributed by atoms with Crippen LogP contribution in [-0.2, 0) is 4.79 Å². The zero-order valence-electron chi connectivity index (χ0n) is 14.8. The SMILES string of the molecule is Cc1cc(C)n([C@@H]2CCCN(C(=O)[C@@H]3C[C@@H]3c3ccccc3F)C2)n1. The largest absolute Gasteiger partial charge is 0.340 e. The van der Waals surface area contributed by atoms with Crippen molar-refractivity contribution < 1.29 is 9.18 Å². The van der Waals surface area contributed by atoms with E-state index in [1.165, 1.54) is 6.07 Å². The summed E-state index contributed by atoms with van der Waals surface area (Å²) in [4.78, 5) is 14.9. The average Bonchev–Trinajstić information content (AvgIpc) is 3.32. The van der Waals surface area contributed by atoms with Gasteiger partial charge < -0.3 is 4.90 Å². The van der Waals surface area contributed by atoms with E-state index in [1.54, 1.807) is 6.07 Å². The van der Waals surface area contributed by atoms with Crippen molar-refractivity contribution in [1.82, 2.24) is 14.7 Å². The van der Waals surface area contributed by atoms with Crippen molar-refractivity contribution in [3.8, 4) is 0 Å². The standard InChI is InChI=1S/C20H24FN3O/c1-13-10-14(2)24(22-13)15-6-5-9-23(12-15)20(25)18-11-17(18)16-7-3-4-8-19(16)21/h3-4,7-8,10,15,17-18H,5-6,9,11-12H2,1-2H3/t15-,17-,18-/m1/s1. The van der Waals surface area contributed by atoms with Crippen LogP contribution < -0.4 is 0 Å². The van der Waals surface area contributed by atoms with E-state index in [4.69, 9.17) is 0 Å². The molecule has 3 atom stereocenters. The number of halogens is 1. The van der Waals surface area contributed by atoms with Gasteiger partial charge in [-0.25, -0.2) is 4.39 Å². The second-order valence-electron chi connectivity index (χ2n) is 7.42. The molecule has 0 N–H and O–H groups in total. The molecule has 2 aromatic rings. The first-order chi connectivity index (χ1) is 12.0. The van der Waals surface area contributed by atoms with Crippen LogP contribution in [-0.4, -0.2) is 33.7 Å². The number of hydrogen-bond donors (Lipinski definition) is 0. The van der Waals surface area contributed by atoms with Gasteiger partial charge in [0.1, 0.15) is 5.82 Å². The molecule has 4 rings (SSSR count). The van der Waals surface area contributed by atoms with Crippen molar-refractivity contribution in [2.75, 3.05) is 13.1 Å². The van der Waals surface area contributed by atoms with Crippen molar-refractivity contribution in [2.24, 2.45) is 5.92 Å². The number of aromatic nitrogens is 2. The van der Waals surface area contributed by atoms with Crippen LogP contribution in [0.15, 0.2) is 30.3 Å². The Bertz CT molecular complexity index is 800. The lowest BCUT2D eigenvalue weighted by Gasteiger charge is -2.33. The Balaban J connectivity index is 1.45. The summed E-state index contributed by atoms with van der Waals surface area (Å²) in [5.74, 6) is -0.0275. The van der Waals surface area contributed by atoms with Crippen LogP contribution in [0.1, 0.15) is 48.2 Å². The molecule has 132 valence electrons. The summed E-state index contributed by atoms with van der Waals surface area (Å²) >= 11 is 0. The first-order valence-electron chi connectivity index (χ1n) is 9.10. The van der Waals surface area contributed by atoms with E-state index >= 15 is 0 Å². The third kappa shape index (κ3) is 3.08. The van der Waals surface area contributed by atoms with Crippen molar-refractivity contribution in [3.05, 3.63) is 53.1 Å². The molecule has 5 heteroatoms. The highest BCUT2D eigenvalue weighted by Gasteiger charge is 2.47. The van der Waals surface area contributed by atoms with Crippen LogP contribution in [0, 0.1) is 25.6 Å². The molecular formula is C20H24FN3O. The minimum absolute atomic E-state index is 0.0442. The molecule has 2 heterocycles. The number of amides is 1. The minimum Gasteiger partial charge on any atom is -0.340 e. The number of nitrogens with zero attached hydrogens (tertiary/aromatic N) is 3. The summed E-state index contributed by atoms with van der Waals surface area (Å²) in [6.07, 6.45) is 2.81. The number of aryl methyl sites for hydroxylation is 2. The summed E-state index contributed by atoms with van der Waals surface area (Å²) in [5.41, 5.74) is 2.85. The Morgan fingerprint density at radius 3 is 2.80 bits per heavy atom. The van der Waals surface area contributed by atoms with Gasteiger partial charge in [0.25, 0.3) is 0 Å². The number of carbonyl (C=O) groups is 1. The van der Waals surface area contributed by atoms with Gasteiger partial charge in [-0.1, -0.05) is 18.2 Å². The van der Waals surface area contributed by atoms with Gasteiger partial charge >= 0.3 is 0 Å². The molecule has 1 saturated heterocycles. The Hall–Kier alpha value is -2.17. The van der Waals surface area contributed by atoms with Gasteiger partial charge in [-0.15, -0.1) is 0 Å². The molecule has 1 aliphatic heterocycles. The fourth-order valence-corrected chi connectivity index (χ4v) is 4.19. The highest BCUT2D eigenvalue weighted by molar-refractivity contribution is 5.83. The normalized spacial score (nSPS) is 25.9. The first kappa shape index (κ1) is 16.3. The molecule has 4 nitrogen and oxygen atoms in total. The number of hydrogen-bond acceptors (Lipinski definition) is 2. The van der Waals surface area contributed by atoms with Crippen LogP contribution in [0.2, 0.25) is 0 Å². The number of carbonyl (C=O) groups excluding carboxylic acids is 1. The molecule has 0 spiro atoms. The van der Waals surface area contributed by atoms with E-state index < -0.39 is 0 Å². The smallest absolute Gasteiger partial charge is 0.226 e. The van der Waals surface area contributed by atoms with Crippen molar-refractivity contribution in [2.45, 2.75) is 45.1 Å².